The number of ether oxygens (including phenoxy) is 1. The lowest BCUT2D eigenvalue weighted by Gasteiger charge is -2.14. The van der Waals surface area contributed by atoms with Crippen molar-refractivity contribution in [1.82, 2.24) is 4.90 Å². The van der Waals surface area contributed by atoms with Gasteiger partial charge in [-0.05, 0) is 20.0 Å². The lowest BCUT2D eigenvalue weighted by molar-refractivity contribution is 0.123. The number of alkyl halides is 1. The highest BCUT2D eigenvalue weighted by atomic mass is 35.5. The smallest absolute Gasteiger partial charge is 0.0602 e. The molecule has 0 radical (unpaired) electrons. The third-order valence-corrected chi connectivity index (χ3v) is 1.60. The van der Waals surface area contributed by atoms with Gasteiger partial charge in [0.25, 0.3) is 0 Å². The second-order valence-electron chi connectivity index (χ2n) is 2.60. The van der Waals surface area contributed by atoms with E-state index in [4.69, 9.17) is 16.3 Å². The van der Waals surface area contributed by atoms with E-state index < -0.39 is 0 Å². The summed E-state index contributed by atoms with van der Waals surface area (Å²) >= 11 is 5.44. The summed E-state index contributed by atoms with van der Waals surface area (Å²) in [6.07, 6.45) is 1.20. The van der Waals surface area contributed by atoms with E-state index in [0.29, 0.717) is 12.5 Å². The maximum atomic E-state index is 5.44. The van der Waals surface area contributed by atoms with Crippen LogP contribution in [0.1, 0.15) is 13.3 Å². The van der Waals surface area contributed by atoms with Crippen LogP contribution >= 0.6 is 11.6 Å². The quantitative estimate of drug-likeness (QED) is 0.435. The monoisotopic (exact) mass is 179 g/mol. The Balaban J connectivity index is 2.97. The molecule has 0 rings (SSSR count). The van der Waals surface area contributed by atoms with Crippen molar-refractivity contribution in [2.45, 2.75) is 13.3 Å². The van der Waals surface area contributed by atoms with Crippen LogP contribution in [0.5, 0.6) is 0 Å². The predicted molar refractivity (Wildman–Crippen MR) is 49.3 cm³/mol. The van der Waals surface area contributed by atoms with Crippen molar-refractivity contribution in [3.05, 3.63) is 0 Å². The third-order valence-electron chi connectivity index (χ3n) is 1.44. The largest absolute Gasteiger partial charge is 0.379 e. The van der Waals surface area contributed by atoms with Gasteiger partial charge in [-0.15, -0.1) is 11.6 Å². The van der Waals surface area contributed by atoms with E-state index in [1.807, 2.05) is 0 Å². The molecule has 0 spiro atoms. The van der Waals surface area contributed by atoms with Gasteiger partial charge in [-0.2, -0.15) is 0 Å². The van der Waals surface area contributed by atoms with Crippen molar-refractivity contribution < 1.29 is 4.74 Å². The first-order chi connectivity index (χ1) is 5.31. The molecular formula is C8H18ClNO. The average Bonchev–Trinajstić information content (AvgIpc) is 1.99. The van der Waals surface area contributed by atoms with Gasteiger partial charge in [-0.25, -0.2) is 0 Å². The number of hydrogen-bond donors (Lipinski definition) is 0. The Morgan fingerprint density at radius 2 is 2.00 bits per heavy atom. The topological polar surface area (TPSA) is 12.5 Å². The van der Waals surface area contributed by atoms with E-state index >= 15 is 0 Å². The van der Waals surface area contributed by atoms with Crippen LogP contribution in [0.4, 0.5) is 0 Å². The Morgan fingerprint density at radius 3 is 2.55 bits per heavy atom. The normalized spacial score (nSPS) is 10.9. The fourth-order valence-corrected chi connectivity index (χ4v) is 0.980. The van der Waals surface area contributed by atoms with Crippen LogP contribution in [-0.4, -0.2) is 44.1 Å². The van der Waals surface area contributed by atoms with Crippen molar-refractivity contribution in [3.8, 4) is 0 Å². The zero-order valence-electron chi connectivity index (χ0n) is 7.48. The molecule has 0 saturated heterocycles. The summed E-state index contributed by atoms with van der Waals surface area (Å²) in [5.74, 6) is 0.595. The van der Waals surface area contributed by atoms with Gasteiger partial charge in [0.05, 0.1) is 13.2 Å². The Hall–Kier alpha value is 0.210. The van der Waals surface area contributed by atoms with Crippen LogP contribution < -0.4 is 0 Å². The predicted octanol–water partition coefficient (Wildman–Crippen LogP) is 1.58. The maximum Gasteiger partial charge on any atom is 0.0602 e. The zero-order valence-corrected chi connectivity index (χ0v) is 8.23. The van der Waals surface area contributed by atoms with Gasteiger partial charge in [0.15, 0.2) is 0 Å². The molecule has 0 aliphatic rings. The van der Waals surface area contributed by atoms with E-state index in [2.05, 4.69) is 18.9 Å². The number of halogens is 1. The summed E-state index contributed by atoms with van der Waals surface area (Å²) in [6, 6.07) is 0. The number of likely N-dealkylation sites (N-methyl/N-ethyl adjacent to an activating group) is 1. The SMILES string of the molecule is CCCN(C)CCOCCCl. The molecule has 0 aromatic heterocycles. The van der Waals surface area contributed by atoms with Gasteiger partial charge < -0.3 is 9.64 Å². The summed E-state index contributed by atoms with van der Waals surface area (Å²) in [4.78, 5) is 2.26. The molecule has 0 bridgehead atoms. The molecule has 3 heteroatoms. The van der Waals surface area contributed by atoms with E-state index in [-0.39, 0.29) is 0 Å². The summed E-state index contributed by atoms with van der Waals surface area (Å²) in [5, 5.41) is 0. The molecule has 0 aromatic carbocycles. The number of hydrogen-bond acceptors (Lipinski definition) is 2. The fraction of sp³-hybridized carbons (Fsp3) is 1.00. The molecule has 0 atom stereocenters. The Labute approximate surface area is 74.5 Å². The minimum absolute atomic E-state index is 0.595. The van der Waals surface area contributed by atoms with E-state index in [0.717, 1.165) is 19.7 Å². The molecule has 0 aliphatic carbocycles. The highest BCUT2D eigenvalue weighted by molar-refractivity contribution is 6.17. The zero-order chi connectivity index (χ0) is 8.53. The van der Waals surface area contributed by atoms with Gasteiger partial charge in [0, 0.05) is 12.4 Å². The van der Waals surface area contributed by atoms with Crippen molar-refractivity contribution in [1.29, 1.82) is 0 Å². The van der Waals surface area contributed by atoms with Gasteiger partial charge in [0.1, 0.15) is 0 Å². The van der Waals surface area contributed by atoms with Crippen LogP contribution in [0.15, 0.2) is 0 Å². The second kappa shape index (κ2) is 8.31. The van der Waals surface area contributed by atoms with Crippen molar-refractivity contribution in [2.24, 2.45) is 0 Å². The molecule has 0 heterocycles. The molecule has 0 saturated carbocycles. The molecule has 0 N–H and O–H groups in total. The van der Waals surface area contributed by atoms with Crippen LogP contribution in [0.3, 0.4) is 0 Å². The molecule has 0 unspecified atom stereocenters. The molecule has 0 fully saturated rings. The average molecular weight is 180 g/mol. The second-order valence-corrected chi connectivity index (χ2v) is 2.98. The fourth-order valence-electron chi connectivity index (χ4n) is 0.871. The van der Waals surface area contributed by atoms with Crippen LogP contribution in [-0.2, 0) is 4.74 Å². The number of rotatable bonds is 7. The van der Waals surface area contributed by atoms with Gasteiger partial charge in [-0.3, -0.25) is 0 Å². The van der Waals surface area contributed by atoms with Gasteiger partial charge in [-0.1, -0.05) is 6.92 Å². The summed E-state index contributed by atoms with van der Waals surface area (Å²) < 4.78 is 5.23. The first kappa shape index (κ1) is 11.2. The highest BCUT2D eigenvalue weighted by Gasteiger charge is 1.94. The van der Waals surface area contributed by atoms with Gasteiger partial charge in [0.2, 0.25) is 0 Å². The molecule has 11 heavy (non-hydrogen) atoms. The molecule has 0 aromatic rings. The highest BCUT2D eigenvalue weighted by Crippen LogP contribution is 1.86. The van der Waals surface area contributed by atoms with E-state index in [9.17, 15) is 0 Å². The first-order valence-electron chi connectivity index (χ1n) is 4.13. The minimum atomic E-state index is 0.595. The van der Waals surface area contributed by atoms with Crippen molar-refractivity contribution in [3.63, 3.8) is 0 Å². The van der Waals surface area contributed by atoms with Gasteiger partial charge >= 0.3 is 0 Å². The molecule has 2 nitrogen and oxygen atoms in total. The molecule has 0 aliphatic heterocycles. The Morgan fingerprint density at radius 1 is 1.27 bits per heavy atom. The molecule has 0 amide bonds. The summed E-state index contributed by atoms with van der Waals surface area (Å²) in [7, 11) is 2.10. The molecular weight excluding hydrogens is 162 g/mol. The van der Waals surface area contributed by atoms with Crippen LogP contribution in [0.2, 0.25) is 0 Å². The lowest BCUT2D eigenvalue weighted by Crippen LogP contribution is -2.24. The lowest BCUT2D eigenvalue weighted by atomic mass is 10.4. The minimum Gasteiger partial charge on any atom is -0.379 e. The Bertz CT molecular complexity index is 80.5. The third kappa shape index (κ3) is 8.11. The maximum absolute atomic E-state index is 5.44. The van der Waals surface area contributed by atoms with Crippen molar-refractivity contribution in [2.75, 3.05) is 39.2 Å². The summed E-state index contributed by atoms with van der Waals surface area (Å²) in [5.41, 5.74) is 0. The molecule has 68 valence electrons. The number of nitrogens with zero attached hydrogens (tertiary/aromatic N) is 1. The standard InChI is InChI=1S/C8H18ClNO/c1-3-5-10(2)6-8-11-7-4-9/h3-8H2,1-2H3. The van der Waals surface area contributed by atoms with Crippen LogP contribution in [0, 0.1) is 0 Å². The van der Waals surface area contributed by atoms with Crippen molar-refractivity contribution >= 4 is 11.6 Å². The summed E-state index contributed by atoms with van der Waals surface area (Å²) in [6.45, 7) is 5.79. The Kier molecular flexibility index (Phi) is 8.47. The van der Waals surface area contributed by atoms with E-state index in [1.165, 1.54) is 6.42 Å². The first-order valence-corrected chi connectivity index (χ1v) is 4.67. The van der Waals surface area contributed by atoms with Crippen LogP contribution in [0.25, 0.3) is 0 Å². The van der Waals surface area contributed by atoms with E-state index in [1.54, 1.807) is 0 Å².